The Morgan fingerprint density at radius 2 is 2.12 bits per heavy atom. The summed E-state index contributed by atoms with van der Waals surface area (Å²) in [5, 5.41) is 9.98. The van der Waals surface area contributed by atoms with Gasteiger partial charge in [-0.3, -0.25) is 9.69 Å². The molecule has 0 atom stereocenters. The third-order valence-electron chi connectivity index (χ3n) is 3.34. The molecule has 1 fully saturated rings. The van der Waals surface area contributed by atoms with E-state index in [4.69, 9.17) is 4.74 Å². The number of carbonyl (C=O) groups excluding carboxylic acids is 1. The Hall–Kier alpha value is -2.19. The zero-order valence-corrected chi connectivity index (χ0v) is 15.1. The lowest BCUT2D eigenvalue weighted by Gasteiger charge is -2.11. The standard InChI is InChI=1S/C16H16N4O2S2/c1-4-20-14(21)13(9-11-7-5-6-8-12(11)22-3)24-16(20)17-15-19-18-10(2)23-15/h5-9H,4H2,1-3H3/b13-9-,17-16+. The second kappa shape index (κ2) is 7.14. The number of hydrogen-bond donors (Lipinski definition) is 0. The number of rotatable bonds is 4. The van der Waals surface area contributed by atoms with Gasteiger partial charge >= 0.3 is 0 Å². The lowest BCUT2D eigenvalue weighted by molar-refractivity contribution is -0.122. The van der Waals surface area contributed by atoms with Crippen LogP contribution >= 0.6 is 23.1 Å². The van der Waals surface area contributed by atoms with Gasteiger partial charge in [-0.05, 0) is 37.8 Å². The number of benzene rings is 1. The van der Waals surface area contributed by atoms with Crippen molar-refractivity contribution >= 4 is 45.4 Å². The fraction of sp³-hybridized carbons (Fsp3) is 0.250. The minimum atomic E-state index is -0.0617. The smallest absolute Gasteiger partial charge is 0.266 e. The molecule has 1 aromatic heterocycles. The Kier molecular flexibility index (Phi) is 4.96. The van der Waals surface area contributed by atoms with E-state index in [2.05, 4.69) is 15.2 Å². The third kappa shape index (κ3) is 3.34. The molecular formula is C16H16N4O2S2. The number of methoxy groups -OCH3 is 1. The molecule has 1 aliphatic rings. The van der Waals surface area contributed by atoms with E-state index < -0.39 is 0 Å². The first-order valence-electron chi connectivity index (χ1n) is 7.35. The number of para-hydroxylation sites is 1. The maximum Gasteiger partial charge on any atom is 0.266 e. The maximum absolute atomic E-state index is 12.6. The number of amides is 1. The lowest BCUT2D eigenvalue weighted by Crippen LogP contribution is -2.28. The van der Waals surface area contributed by atoms with Crippen LogP contribution in [-0.4, -0.2) is 39.8 Å². The summed E-state index contributed by atoms with van der Waals surface area (Å²) < 4.78 is 5.34. The number of nitrogens with zero attached hydrogens (tertiary/aromatic N) is 4. The van der Waals surface area contributed by atoms with Crippen LogP contribution in [0.5, 0.6) is 5.75 Å². The number of likely N-dealkylation sites (N-methyl/N-ethyl adjacent to an activating group) is 1. The van der Waals surface area contributed by atoms with E-state index in [1.807, 2.05) is 44.2 Å². The highest BCUT2D eigenvalue weighted by Crippen LogP contribution is 2.35. The summed E-state index contributed by atoms with van der Waals surface area (Å²) in [5.41, 5.74) is 0.861. The SMILES string of the molecule is CCN1C(=O)/C(=C/c2ccccc2OC)S/C1=N/c1nnc(C)s1. The van der Waals surface area contributed by atoms with Crippen molar-refractivity contribution in [1.82, 2.24) is 15.1 Å². The first-order valence-corrected chi connectivity index (χ1v) is 8.99. The minimum absolute atomic E-state index is 0.0617. The second-order valence-electron chi connectivity index (χ2n) is 4.90. The molecule has 2 aromatic rings. The molecule has 0 bridgehead atoms. The van der Waals surface area contributed by atoms with Crippen molar-refractivity contribution in [3.8, 4) is 5.75 Å². The number of aromatic nitrogens is 2. The summed E-state index contributed by atoms with van der Waals surface area (Å²) in [4.78, 5) is 19.4. The third-order valence-corrected chi connectivity index (χ3v) is 5.08. The molecule has 1 aliphatic heterocycles. The molecule has 6 nitrogen and oxygen atoms in total. The van der Waals surface area contributed by atoms with Crippen molar-refractivity contribution in [1.29, 1.82) is 0 Å². The van der Waals surface area contributed by atoms with Gasteiger partial charge in [0.2, 0.25) is 5.13 Å². The molecule has 1 amide bonds. The number of amidine groups is 1. The molecule has 124 valence electrons. The monoisotopic (exact) mass is 360 g/mol. The van der Waals surface area contributed by atoms with Crippen LogP contribution in [0.15, 0.2) is 34.2 Å². The van der Waals surface area contributed by atoms with Gasteiger partial charge in [0.1, 0.15) is 10.8 Å². The van der Waals surface area contributed by atoms with Gasteiger partial charge in [-0.1, -0.05) is 29.5 Å². The van der Waals surface area contributed by atoms with Gasteiger partial charge < -0.3 is 4.74 Å². The van der Waals surface area contributed by atoms with Crippen LogP contribution in [-0.2, 0) is 4.79 Å². The molecule has 0 N–H and O–H groups in total. The Morgan fingerprint density at radius 3 is 2.79 bits per heavy atom. The van der Waals surface area contributed by atoms with E-state index in [1.54, 1.807) is 12.0 Å². The number of thioether (sulfide) groups is 1. The van der Waals surface area contributed by atoms with Gasteiger partial charge in [0.25, 0.3) is 5.91 Å². The van der Waals surface area contributed by atoms with Crippen LogP contribution in [0.1, 0.15) is 17.5 Å². The Bertz CT molecular complexity index is 829. The van der Waals surface area contributed by atoms with Gasteiger partial charge in [0.05, 0.1) is 12.0 Å². The summed E-state index contributed by atoms with van der Waals surface area (Å²) in [6.45, 7) is 4.34. The highest BCUT2D eigenvalue weighted by molar-refractivity contribution is 8.18. The molecule has 0 aliphatic carbocycles. The molecule has 0 unspecified atom stereocenters. The molecule has 0 saturated carbocycles. The van der Waals surface area contributed by atoms with Crippen molar-refractivity contribution in [3.05, 3.63) is 39.7 Å². The van der Waals surface area contributed by atoms with Gasteiger partial charge in [-0.2, -0.15) is 4.99 Å². The van der Waals surface area contributed by atoms with Crippen molar-refractivity contribution in [2.45, 2.75) is 13.8 Å². The summed E-state index contributed by atoms with van der Waals surface area (Å²) in [6.07, 6.45) is 1.84. The second-order valence-corrected chi connectivity index (χ2v) is 7.07. The molecule has 2 heterocycles. The fourth-order valence-corrected chi connectivity index (χ4v) is 3.86. The number of aliphatic imine (C=N–C) groups is 1. The van der Waals surface area contributed by atoms with E-state index in [0.717, 1.165) is 16.3 Å². The number of hydrogen-bond acceptors (Lipinski definition) is 7. The van der Waals surface area contributed by atoms with Gasteiger partial charge in [0, 0.05) is 12.1 Å². The number of aryl methyl sites for hydroxylation is 1. The first-order chi connectivity index (χ1) is 11.6. The first kappa shape index (κ1) is 16.7. The predicted octanol–water partition coefficient (Wildman–Crippen LogP) is 3.48. The van der Waals surface area contributed by atoms with E-state index in [1.165, 1.54) is 23.1 Å². The van der Waals surface area contributed by atoms with Gasteiger partial charge in [-0.25, -0.2) is 0 Å². The van der Waals surface area contributed by atoms with Crippen molar-refractivity contribution in [2.24, 2.45) is 4.99 Å². The van der Waals surface area contributed by atoms with Crippen LogP contribution in [0, 0.1) is 6.92 Å². The molecular weight excluding hydrogens is 344 g/mol. The molecule has 0 spiro atoms. The highest BCUT2D eigenvalue weighted by Gasteiger charge is 2.32. The summed E-state index contributed by atoms with van der Waals surface area (Å²) in [6, 6.07) is 7.59. The molecule has 24 heavy (non-hydrogen) atoms. The van der Waals surface area contributed by atoms with Crippen molar-refractivity contribution in [3.63, 3.8) is 0 Å². The predicted molar refractivity (Wildman–Crippen MR) is 97.7 cm³/mol. The van der Waals surface area contributed by atoms with E-state index in [-0.39, 0.29) is 5.91 Å². The maximum atomic E-state index is 12.6. The topological polar surface area (TPSA) is 67.7 Å². The zero-order chi connectivity index (χ0) is 17.1. The van der Waals surface area contributed by atoms with Gasteiger partial charge in [-0.15, -0.1) is 10.2 Å². The Labute approximate surface area is 148 Å². The lowest BCUT2D eigenvalue weighted by atomic mass is 10.2. The average molecular weight is 360 g/mol. The van der Waals surface area contributed by atoms with Crippen LogP contribution in [0.25, 0.3) is 6.08 Å². The van der Waals surface area contributed by atoms with Crippen LogP contribution in [0.3, 0.4) is 0 Å². The summed E-state index contributed by atoms with van der Waals surface area (Å²) in [7, 11) is 1.62. The summed E-state index contributed by atoms with van der Waals surface area (Å²) >= 11 is 2.74. The molecule has 8 heteroatoms. The molecule has 3 rings (SSSR count). The molecule has 0 radical (unpaired) electrons. The Morgan fingerprint density at radius 1 is 1.33 bits per heavy atom. The largest absolute Gasteiger partial charge is 0.496 e. The zero-order valence-electron chi connectivity index (χ0n) is 13.5. The fourth-order valence-electron chi connectivity index (χ4n) is 2.21. The van der Waals surface area contributed by atoms with Crippen LogP contribution in [0.2, 0.25) is 0 Å². The molecule has 1 saturated heterocycles. The van der Waals surface area contributed by atoms with E-state index >= 15 is 0 Å². The van der Waals surface area contributed by atoms with E-state index in [9.17, 15) is 4.79 Å². The van der Waals surface area contributed by atoms with Crippen LogP contribution in [0.4, 0.5) is 5.13 Å². The van der Waals surface area contributed by atoms with E-state index in [0.29, 0.717) is 21.7 Å². The summed E-state index contributed by atoms with van der Waals surface area (Å²) in [5.74, 6) is 0.667. The minimum Gasteiger partial charge on any atom is -0.496 e. The van der Waals surface area contributed by atoms with Crippen LogP contribution < -0.4 is 4.74 Å². The van der Waals surface area contributed by atoms with Gasteiger partial charge in [0.15, 0.2) is 5.17 Å². The number of carbonyl (C=O) groups is 1. The Balaban J connectivity index is 1.95. The van der Waals surface area contributed by atoms with Crippen molar-refractivity contribution < 1.29 is 9.53 Å². The quantitative estimate of drug-likeness (QED) is 0.781. The number of ether oxygens (including phenoxy) is 1. The highest BCUT2D eigenvalue weighted by atomic mass is 32.2. The normalized spacial score (nSPS) is 18.0. The average Bonchev–Trinajstić information content (AvgIpc) is 3.12. The van der Waals surface area contributed by atoms with Crippen molar-refractivity contribution in [2.75, 3.05) is 13.7 Å². The molecule has 1 aromatic carbocycles.